The van der Waals surface area contributed by atoms with Crippen LogP contribution in [0.3, 0.4) is 0 Å². The van der Waals surface area contributed by atoms with Crippen molar-refractivity contribution in [2.45, 2.75) is 19.6 Å². The van der Waals surface area contributed by atoms with Crippen molar-refractivity contribution in [2.24, 2.45) is 0 Å². The van der Waals surface area contributed by atoms with Gasteiger partial charge in [0.25, 0.3) is 0 Å². The van der Waals surface area contributed by atoms with Gasteiger partial charge in [-0.2, -0.15) is 0 Å². The minimum Gasteiger partial charge on any atom is -0.467 e. The number of esters is 1. The summed E-state index contributed by atoms with van der Waals surface area (Å²) in [7, 11) is 2.82. The van der Waals surface area contributed by atoms with Gasteiger partial charge in [0, 0.05) is 7.11 Å². The van der Waals surface area contributed by atoms with Crippen LogP contribution in [0.2, 0.25) is 0 Å². The highest BCUT2D eigenvalue weighted by Gasteiger charge is 2.18. The summed E-state index contributed by atoms with van der Waals surface area (Å²) in [5, 5.41) is 0. The van der Waals surface area contributed by atoms with Gasteiger partial charge in [0.15, 0.2) is 5.79 Å². The summed E-state index contributed by atoms with van der Waals surface area (Å²) in [4.78, 5) is 10.6. The van der Waals surface area contributed by atoms with E-state index in [4.69, 9.17) is 9.47 Å². The van der Waals surface area contributed by atoms with E-state index in [9.17, 15) is 4.79 Å². The Morgan fingerprint density at radius 3 is 2.27 bits per heavy atom. The number of carbonyl (C=O) groups is 1. The molecule has 0 saturated carbocycles. The summed E-state index contributed by atoms with van der Waals surface area (Å²) < 4.78 is 14.3. The van der Waals surface area contributed by atoms with Gasteiger partial charge in [-0.15, -0.1) is 0 Å². The minimum absolute atomic E-state index is 0.0860. The van der Waals surface area contributed by atoms with E-state index in [1.54, 1.807) is 13.8 Å². The lowest BCUT2D eigenvalue weighted by molar-refractivity contribution is -0.205. The van der Waals surface area contributed by atoms with Gasteiger partial charge in [-0.3, -0.25) is 0 Å². The normalized spacial score (nSPS) is 11.3. The Balaban J connectivity index is 3.61. The molecule has 0 aromatic rings. The molecule has 0 atom stereocenters. The maximum Gasteiger partial charge on any atom is 0.331 e. The van der Waals surface area contributed by atoms with Gasteiger partial charge in [-0.05, 0) is 13.8 Å². The zero-order valence-corrected chi connectivity index (χ0v) is 7.34. The van der Waals surface area contributed by atoms with E-state index in [0.29, 0.717) is 0 Å². The SMILES string of the molecule is COC(=O)COC(C)(C)OC. The molecule has 0 rings (SSSR count). The van der Waals surface area contributed by atoms with Crippen molar-refractivity contribution >= 4 is 5.97 Å². The summed E-state index contributed by atoms with van der Waals surface area (Å²) in [6, 6.07) is 0. The maximum atomic E-state index is 10.6. The summed E-state index contributed by atoms with van der Waals surface area (Å²) >= 11 is 0. The average molecular weight is 162 g/mol. The van der Waals surface area contributed by atoms with Gasteiger partial charge in [-0.25, -0.2) is 4.79 Å². The van der Waals surface area contributed by atoms with Crippen LogP contribution in [-0.4, -0.2) is 32.6 Å². The molecule has 0 unspecified atom stereocenters. The lowest BCUT2D eigenvalue weighted by Gasteiger charge is -2.22. The average Bonchev–Trinajstić information content (AvgIpc) is 2.00. The maximum absolute atomic E-state index is 10.6. The quantitative estimate of drug-likeness (QED) is 0.447. The van der Waals surface area contributed by atoms with Crippen molar-refractivity contribution < 1.29 is 19.0 Å². The Morgan fingerprint density at radius 2 is 1.91 bits per heavy atom. The highest BCUT2D eigenvalue weighted by atomic mass is 16.7. The van der Waals surface area contributed by atoms with Crippen molar-refractivity contribution in [2.75, 3.05) is 20.8 Å². The van der Waals surface area contributed by atoms with Gasteiger partial charge in [0.2, 0.25) is 0 Å². The van der Waals surface area contributed by atoms with Crippen LogP contribution in [0.5, 0.6) is 0 Å². The molecule has 0 aliphatic rings. The molecule has 0 spiro atoms. The Hall–Kier alpha value is -0.610. The second-order valence-electron chi connectivity index (χ2n) is 2.47. The fraction of sp³-hybridized carbons (Fsp3) is 0.857. The molecule has 0 amide bonds. The monoisotopic (exact) mass is 162 g/mol. The molecule has 0 bridgehead atoms. The zero-order chi connectivity index (χ0) is 8.91. The fourth-order valence-electron chi connectivity index (χ4n) is 0.351. The Morgan fingerprint density at radius 1 is 1.36 bits per heavy atom. The predicted octanol–water partition coefficient (Wildman–Crippen LogP) is 0.558. The molecule has 4 nitrogen and oxygen atoms in total. The van der Waals surface area contributed by atoms with E-state index in [-0.39, 0.29) is 6.61 Å². The molecule has 66 valence electrons. The number of methoxy groups -OCH3 is 2. The van der Waals surface area contributed by atoms with E-state index in [0.717, 1.165) is 0 Å². The first-order chi connectivity index (χ1) is 5.02. The van der Waals surface area contributed by atoms with E-state index in [2.05, 4.69) is 4.74 Å². The Bertz CT molecular complexity index is 130. The predicted molar refractivity (Wildman–Crippen MR) is 39.1 cm³/mol. The smallest absolute Gasteiger partial charge is 0.331 e. The molecule has 0 aromatic carbocycles. The molecule has 4 heteroatoms. The van der Waals surface area contributed by atoms with Gasteiger partial charge in [-0.1, -0.05) is 0 Å². The third-order valence-corrected chi connectivity index (χ3v) is 1.26. The van der Waals surface area contributed by atoms with Crippen LogP contribution in [0.4, 0.5) is 0 Å². The third kappa shape index (κ3) is 4.75. The van der Waals surface area contributed by atoms with Gasteiger partial charge < -0.3 is 14.2 Å². The number of ether oxygens (including phenoxy) is 3. The molecule has 0 fully saturated rings. The van der Waals surface area contributed by atoms with Crippen LogP contribution in [0.15, 0.2) is 0 Å². The van der Waals surface area contributed by atoms with Crippen molar-refractivity contribution in [3.8, 4) is 0 Å². The van der Waals surface area contributed by atoms with Crippen LogP contribution >= 0.6 is 0 Å². The van der Waals surface area contributed by atoms with Crippen LogP contribution in [0.25, 0.3) is 0 Å². The molecular formula is C7H14O4. The lowest BCUT2D eigenvalue weighted by Crippen LogP contribution is -2.29. The molecule has 0 radical (unpaired) electrons. The van der Waals surface area contributed by atoms with Crippen molar-refractivity contribution in [1.29, 1.82) is 0 Å². The number of carbonyl (C=O) groups excluding carboxylic acids is 1. The van der Waals surface area contributed by atoms with Gasteiger partial charge >= 0.3 is 5.97 Å². The second kappa shape index (κ2) is 4.31. The van der Waals surface area contributed by atoms with Gasteiger partial charge in [0.1, 0.15) is 6.61 Å². The first kappa shape index (κ1) is 10.4. The van der Waals surface area contributed by atoms with Crippen LogP contribution in [0.1, 0.15) is 13.8 Å². The molecule has 0 aromatic heterocycles. The number of hydrogen-bond acceptors (Lipinski definition) is 4. The Kier molecular flexibility index (Phi) is 4.07. The van der Waals surface area contributed by atoms with Crippen molar-refractivity contribution in [3.05, 3.63) is 0 Å². The molecule has 11 heavy (non-hydrogen) atoms. The van der Waals surface area contributed by atoms with E-state index >= 15 is 0 Å². The molecule has 0 aliphatic heterocycles. The molecule has 0 heterocycles. The number of rotatable bonds is 4. The summed E-state index contributed by atoms with van der Waals surface area (Å²) in [5.41, 5.74) is 0. The molecule has 0 aliphatic carbocycles. The lowest BCUT2D eigenvalue weighted by atomic mass is 10.4. The Labute approximate surface area is 66.4 Å². The third-order valence-electron chi connectivity index (χ3n) is 1.26. The van der Waals surface area contributed by atoms with E-state index in [1.165, 1.54) is 14.2 Å². The summed E-state index contributed by atoms with van der Waals surface area (Å²) in [5.74, 6) is -1.14. The largest absolute Gasteiger partial charge is 0.467 e. The molecule has 0 N–H and O–H groups in total. The van der Waals surface area contributed by atoms with Crippen molar-refractivity contribution in [3.63, 3.8) is 0 Å². The minimum atomic E-state index is -0.728. The zero-order valence-electron chi connectivity index (χ0n) is 7.34. The van der Waals surface area contributed by atoms with Gasteiger partial charge in [0.05, 0.1) is 7.11 Å². The topological polar surface area (TPSA) is 44.8 Å². The number of hydrogen-bond donors (Lipinski definition) is 0. The molecular weight excluding hydrogens is 148 g/mol. The summed E-state index contributed by atoms with van der Waals surface area (Å²) in [6.45, 7) is 3.35. The van der Waals surface area contributed by atoms with Crippen LogP contribution in [0, 0.1) is 0 Å². The van der Waals surface area contributed by atoms with Crippen molar-refractivity contribution in [1.82, 2.24) is 0 Å². The highest BCUT2D eigenvalue weighted by Crippen LogP contribution is 2.08. The van der Waals surface area contributed by atoms with Crippen LogP contribution < -0.4 is 0 Å². The fourth-order valence-corrected chi connectivity index (χ4v) is 0.351. The second-order valence-corrected chi connectivity index (χ2v) is 2.47. The highest BCUT2D eigenvalue weighted by molar-refractivity contribution is 5.70. The van der Waals surface area contributed by atoms with E-state index < -0.39 is 11.8 Å². The van der Waals surface area contributed by atoms with Crippen LogP contribution in [-0.2, 0) is 19.0 Å². The summed E-state index contributed by atoms with van der Waals surface area (Å²) in [6.07, 6.45) is 0. The molecule has 0 saturated heterocycles. The first-order valence-corrected chi connectivity index (χ1v) is 3.28. The standard InChI is InChI=1S/C7H14O4/c1-7(2,10-4)11-5-6(8)9-3/h5H2,1-4H3. The van der Waals surface area contributed by atoms with E-state index in [1.807, 2.05) is 0 Å². The first-order valence-electron chi connectivity index (χ1n) is 3.28.